The topological polar surface area (TPSA) is 63.6 Å². The zero-order valence-corrected chi connectivity index (χ0v) is 16.6. The predicted octanol–water partition coefficient (Wildman–Crippen LogP) is 4.41. The fourth-order valence-electron chi connectivity index (χ4n) is 2.77. The first-order chi connectivity index (χ1) is 10.0. The van der Waals surface area contributed by atoms with Gasteiger partial charge in [-0.1, -0.05) is 65.1 Å². The highest BCUT2D eigenvalue weighted by Crippen LogP contribution is 2.28. The minimum absolute atomic E-state index is 0.170. The number of rotatable bonds is 7. The summed E-state index contributed by atoms with van der Waals surface area (Å²) in [6.45, 7) is 17.9. The molecule has 0 radical (unpaired) electrons. The number of carbonyl (C=O) groups is 2. The van der Waals surface area contributed by atoms with Crippen molar-refractivity contribution in [1.29, 1.82) is 0 Å². The lowest BCUT2D eigenvalue weighted by molar-refractivity contribution is -0.142. The molecule has 0 aliphatic rings. The first-order valence-electron chi connectivity index (χ1n) is 8.14. The molecule has 0 spiro atoms. The van der Waals surface area contributed by atoms with Gasteiger partial charge in [-0.15, -0.1) is 0 Å². The molecular weight excluding hydrogens is 296 g/mol. The van der Waals surface area contributed by atoms with Crippen LogP contribution in [0.5, 0.6) is 0 Å². The largest absolute Gasteiger partial charge is 0.478 e. The SMILES string of the molecule is CC(C)[SiH](C(C)C)C(C)C.CCC(C)OC(=O)/C=C\C(=O)O. The molecule has 0 aromatic carbocycles. The van der Waals surface area contributed by atoms with Gasteiger partial charge in [0.1, 0.15) is 0 Å². The molecule has 0 saturated carbocycles. The van der Waals surface area contributed by atoms with Crippen LogP contribution in [-0.4, -0.2) is 31.9 Å². The molecule has 0 saturated heterocycles. The number of esters is 1. The maximum atomic E-state index is 10.7. The lowest BCUT2D eigenvalue weighted by Gasteiger charge is -2.26. The van der Waals surface area contributed by atoms with Crippen LogP contribution in [0.15, 0.2) is 12.2 Å². The van der Waals surface area contributed by atoms with Crippen molar-refractivity contribution in [2.45, 2.75) is 84.5 Å². The van der Waals surface area contributed by atoms with E-state index < -0.39 is 20.7 Å². The second kappa shape index (κ2) is 12.4. The molecule has 0 aromatic rings. The van der Waals surface area contributed by atoms with Crippen molar-refractivity contribution < 1.29 is 19.4 Å². The van der Waals surface area contributed by atoms with E-state index in [-0.39, 0.29) is 6.10 Å². The van der Waals surface area contributed by atoms with Gasteiger partial charge >= 0.3 is 11.9 Å². The lowest BCUT2D eigenvalue weighted by atomic mass is 10.3. The Bertz CT molecular complexity index is 330. The maximum Gasteiger partial charge on any atom is 0.331 e. The summed E-state index contributed by atoms with van der Waals surface area (Å²) in [4.78, 5) is 20.7. The van der Waals surface area contributed by atoms with Gasteiger partial charge in [0.25, 0.3) is 0 Å². The maximum absolute atomic E-state index is 10.7. The van der Waals surface area contributed by atoms with Gasteiger partial charge in [0.2, 0.25) is 0 Å². The zero-order chi connectivity index (χ0) is 17.9. The number of carbonyl (C=O) groups excluding carboxylic acids is 1. The Morgan fingerprint density at radius 1 is 0.955 bits per heavy atom. The van der Waals surface area contributed by atoms with Crippen LogP contribution < -0.4 is 0 Å². The summed E-state index contributed by atoms with van der Waals surface area (Å²) in [5, 5.41) is 8.16. The molecule has 1 atom stereocenters. The van der Waals surface area contributed by atoms with Crippen molar-refractivity contribution in [2.24, 2.45) is 0 Å². The fraction of sp³-hybridized carbons (Fsp3) is 0.765. The van der Waals surface area contributed by atoms with Crippen LogP contribution >= 0.6 is 0 Å². The Balaban J connectivity index is 0. The highest BCUT2D eigenvalue weighted by atomic mass is 28.3. The summed E-state index contributed by atoms with van der Waals surface area (Å²) in [5.41, 5.74) is 2.92. The second-order valence-corrected chi connectivity index (χ2v) is 11.8. The molecule has 130 valence electrons. The predicted molar refractivity (Wildman–Crippen MR) is 95.1 cm³/mol. The van der Waals surface area contributed by atoms with Gasteiger partial charge in [0, 0.05) is 20.9 Å². The molecule has 0 bridgehead atoms. The summed E-state index contributed by atoms with van der Waals surface area (Å²) in [6, 6.07) is 0. The fourth-order valence-corrected chi connectivity index (χ4v) is 7.39. The molecule has 1 N–H and O–H groups in total. The molecule has 0 amide bonds. The minimum Gasteiger partial charge on any atom is -0.478 e. The number of ether oxygens (including phenoxy) is 1. The first kappa shape index (κ1) is 23.2. The van der Waals surface area contributed by atoms with Gasteiger partial charge < -0.3 is 9.84 Å². The summed E-state index contributed by atoms with van der Waals surface area (Å²) in [5.74, 6) is -1.78. The van der Waals surface area contributed by atoms with E-state index in [1.807, 2.05) is 6.92 Å². The number of carboxylic acid groups (broad SMARTS) is 1. The van der Waals surface area contributed by atoms with Crippen molar-refractivity contribution in [3.63, 3.8) is 0 Å². The Kier molecular flexibility index (Phi) is 13.1. The van der Waals surface area contributed by atoms with Crippen LogP contribution in [0.1, 0.15) is 61.8 Å². The molecule has 5 heteroatoms. The molecule has 0 heterocycles. The van der Waals surface area contributed by atoms with E-state index in [1.54, 1.807) is 6.92 Å². The highest BCUT2D eigenvalue weighted by Gasteiger charge is 2.22. The first-order valence-corrected chi connectivity index (χ1v) is 10.1. The summed E-state index contributed by atoms with van der Waals surface area (Å²) in [7, 11) is -0.454. The number of hydrogen-bond acceptors (Lipinski definition) is 3. The Hall–Kier alpha value is -1.10. The smallest absolute Gasteiger partial charge is 0.331 e. The van der Waals surface area contributed by atoms with Crippen molar-refractivity contribution in [2.75, 3.05) is 0 Å². The third kappa shape index (κ3) is 12.6. The van der Waals surface area contributed by atoms with Gasteiger partial charge in [0.05, 0.1) is 6.10 Å². The van der Waals surface area contributed by atoms with Gasteiger partial charge in [-0.25, -0.2) is 9.59 Å². The highest BCUT2D eigenvalue weighted by molar-refractivity contribution is 6.63. The van der Waals surface area contributed by atoms with E-state index in [2.05, 4.69) is 41.5 Å². The van der Waals surface area contributed by atoms with Gasteiger partial charge in [0.15, 0.2) is 0 Å². The molecule has 0 aliphatic heterocycles. The van der Waals surface area contributed by atoms with Crippen LogP contribution in [0.3, 0.4) is 0 Å². The number of aliphatic carboxylic acids is 1. The van der Waals surface area contributed by atoms with E-state index in [0.717, 1.165) is 28.8 Å². The molecule has 0 aromatic heterocycles. The third-order valence-electron chi connectivity index (χ3n) is 3.56. The third-order valence-corrected chi connectivity index (χ3v) is 8.18. The molecule has 4 nitrogen and oxygen atoms in total. The molecular formula is C17H34O4Si. The number of carboxylic acids is 1. The van der Waals surface area contributed by atoms with E-state index >= 15 is 0 Å². The Morgan fingerprint density at radius 2 is 1.36 bits per heavy atom. The molecule has 1 unspecified atom stereocenters. The van der Waals surface area contributed by atoms with Crippen LogP contribution in [0.2, 0.25) is 16.6 Å². The average molecular weight is 331 g/mol. The summed E-state index contributed by atoms with van der Waals surface area (Å²) >= 11 is 0. The quantitative estimate of drug-likeness (QED) is 0.426. The van der Waals surface area contributed by atoms with Crippen molar-refractivity contribution >= 4 is 20.7 Å². The normalized spacial score (nSPS) is 12.7. The molecule has 0 aliphatic carbocycles. The van der Waals surface area contributed by atoms with E-state index in [1.165, 1.54) is 0 Å². The summed E-state index contributed by atoms with van der Waals surface area (Å²) < 4.78 is 4.76. The molecule has 22 heavy (non-hydrogen) atoms. The van der Waals surface area contributed by atoms with Gasteiger partial charge in [-0.05, 0) is 13.3 Å². The van der Waals surface area contributed by atoms with Gasteiger partial charge in [-0.3, -0.25) is 0 Å². The van der Waals surface area contributed by atoms with E-state index in [0.29, 0.717) is 6.42 Å². The van der Waals surface area contributed by atoms with Crippen molar-refractivity contribution in [3.05, 3.63) is 12.2 Å². The second-order valence-electron chi connectivity index (χ2n) is 6.64. The zero-order valence-electron chi connectivity index (χ0n) is 15.4. The summed E-state index contributed by atoms with van der Waals surface area (Å²) in [6.07, 6.45) is 2.20. The van der Waals surface area contributed by atoms with Crippen LogP contribution in [0.4, 0.5) is 0 Å². The average Bonchev–Trinajstić information content (AvgIpc) is 2.35. The molecule has 0 fully saturated rings. The van der Waals surface area contributed by atoms with Crippen LogP contribution in [0.25, 0.3) is 0 Å². The standard InChI is InChI=1S/C9H22Si.C8H12O4/c1-7(2)10(8(3)4)9(5)6;1-3-6(2)12-8(11)5-4-7(9)10/h7-10H,1-6H3;4-6H,3H2,1-2H3,(H,9,10)/b;5-4-. The Labute approximate surface area is 137 Å². The van der Waals surface area contributed by atoms with Crippen LogP contribution in [-0.2, 0) is 14.3 Å². The molecule has 0 rings (SSSR count). The van der Waals surface area contributed by atoms with Crippen molar-refractivity contribution in [1.82, 2.24) is 0 Å². The monoisotopic (exact) mass is 330 g/mol. The van der Waals surface area contributed by atoms with Crippen molar-refractivity contribution in [3.8, 4) is 0 Å². The van der Waals surface area contributed by atoms with Crippen LogP contribution in [0, 0.1) is 0 Å². The van der Waals surface area contributed by atoms with Gasteiger partial charge in [-0.2, -0.15) is 0 Å². The number of hydrogen-bond donors (Lipinski definition) is 1. The Morgan fingerprint density at radius 3 is 1.59 bits per heavy atom. The van der Waals surface area contributed by atoms with E-state index in [4.69, 9.17) is 9.84 Å². The lowest BCUT2D eigenvalue weighted by Crippen LogP contribution is -2.24. The van der Waals surface area contributed by atoms with E-state index in [9.17, 15) is 9.59 Å². The minimum atomic E-state index is -1.16.